The quantitative estimate of drug-likeness (QED) is 0.479. The Morgan fingerprint density at radius 3 is 2.73 bits per heavy atom. The molecule has 0 fully saturated rings. The van der Waals surface area contributed by atoms with E-state index in [2.05, 4.69) is 6.58 Å². The largest absolute Gasteiger partial charge is 0.489 e. The van der Waals surface area contributed by atoms with Crippen molar-refractivity contribution in [2.45, 2.75) is 39.4 Å². The van der Waals surface area contributed by atoms with Gasteiger partial charge in [-0.25, -0.2) is 0 Å². The number of hydrogen-bond donors (Lipinski definition) is 1. The zero-order valence-electron chi connectivity index (χ0n) is 17.7. The van der Waals surface area contributed by atoms with Crippen LogP contribution in [0.4, 0.5) is 0 Å². The summed E-state index contributed by atoms with van der Waals surface area (Å²) in [5, 5.41) is 9.74. The van der Waals surface area contributed by atoms with E-state index in [4.69, 9.17) is 14.2 Å². The van der Waals surface area contributed by atoms with Crippen molar-refractivity contribution in [1.29, 1.82) is 0 Å². The number of ether oxygens (including phenoxy) is 3. The SMILES string of the molecule is C=CCOc1cc(CC)ccc1C(=O)COc1c(CO)ccc2c1C=CC(C)(C)O2. The van der Waals surface area contributed by atoms with Crippen molar-refractivity contribution >= 4 is 11.9 Å². The van der Waals surface area contributed by atoms with Crippen LogP contribution in [0, 0.1) is 0 Å². The molecule has 1 aliphatic rings. The summed E-state index contributed by atoms with van der Waals surface area (Å²) in [6, 6.07) is 9.12. The number of hydrogen-bond acceptors (Lipinski definition) is 5. The van der Waals surface area contributed by atoms with Crippen LogP contribution in [0.25, 0.3) is 6.08 Å². The molecule has 0 spiro atoms. The number of Topliss-reactive ketones (excluding diaryl/α,β-unsaturated/α-hetero) is 1. The van der Waals surface area contributed by atoms with E-state index in [1.54, 1.807) is 18.2 Å². The minimum Gasteiger partial charge on any atom is -0.489 e. The molecule has 158 valence electrons. The third-order valence-corrected chi connectivity index (χ3v) is 4.89. The molecular formula is C25H28O5. The first-order valence-electron chi connectivity index (χ1n) is 10.1. The Morgan fingerprint density at radius 1 is 1.23 bits per heavy atom. The first-order chi connectivity index (χ1) is 14.4. The molecule has 2 aromatic carbocycles. The molecule has 0 amide bonds. The van der Waals surface area contributed by atoms with Gasteiger partial charge in [-0.3, -0.25) is 4.79 Å². The van der Waals surface area contributed by atoms with Crippen LogP contribution in [0.2, 0.25) is 0 Å². The number of fused-ring (bicyclic) bond motifs is 1. The lowest BCUT2D eigenvalue weighted by Crippen LogP contribution is -2.27. The highest BCUT2D eigenvalue weighted by Crippen LogP contribution is 2.39. The average Bonchev–Trinajstić information content (AvgIpc) is 2.74. The second-order valence-electron chi connectivity index (χ2n) is 7.66. The van der Waals surface area contributed by atoms with Gasteiger partial charge in [-0.05, 0) is 62.2 Å². The fourth-order valence-corrected chi connectivity index (χ4v) is 3.27. The lowest BCUT2D eigenvalue weighted by atomic mass is 9.99. The van der Waals surface area contributed by atoms with Crippen molar-refractivity contribution in [3.63, 3.8) is 0 Å². The number of aliphatic hydroxyl groups is 1. The highest BCUT2D eigenvalue weighted by Gasteiger charge is 2.25. The van der Waals surface area contributed by atoms with Gasteiger partial charge < -0.3 is 19.3 Å². The monoisotopic (exact) mass is 408 g/mol. The Bertz CT molecular complexity index is 972. The van der Waals surface area contributed by atoms with Gasteiger partial charge in [0.25, 0.3) is 0 Å². The number of aryl methyl sites for hydroxylation is 1. The normalized spacial score (nSPS) is 13.9. The maximum absolute atomic E-state index is 12.9. The standard InChI is InChI=1S/C25H28O5/c1-5-13-28-23-14-17(6-2)7-9-19(23)21(27)16-29-24-18(15-26)8-10-22-20(24)11-12-25(3,4)30-22/h5,7-12,14,26H,1,6,13,15-16H2,2-4H3. The molecule has 0 aliphatic carbocycles. The fraction of sp³-hybridized carbons (Fsp3) is 0.320. The van der Waals surface area contributed by atoms with Crippen LogP contribution in [0.15, 0.2) is 49.1 Å². The van der Waals surface area contributed by atoms with Gasteiger partial charge in [0.1, 0.15) is 29.5 Å². The molecule has 30 heavy (non-hydrogen) atoms. The van der Waals surface area contributed by atoms with Gasteiger partial charge in [-0.2, -0.15) is 0 Å². The first-order valence-corrected chi connectivity index (χ1v) is 10.1. The van der Waals surface area contributed by atoms with Crippen LogP contribution < -0.4 is 14.2 Å². The summed E-state index contributed by atoms with van der Waals surface area (Å²) in [7, 11) is 0. The third-order valence-electron chi connectivity index (χ3n) is 4.89. The maximum Gasteiger partial charge on any atom is 0.203 e. The highest BCUT2D eigenvalue weighted by molar-refractivity contribution is 6.00. The summed E-state index contributed by atoms with van der Waals surface area (Å²) >= 11 is 0. The number of rotatable bonds is 9. The molecule has 5 nitrogen and oxygen atoms in total. The lowest BCUT2D eigenvalue weighted by molar-refractivity contribution is 0.0914. The summed E-state index contributed by atoms with van der Waals surface area (Å²) in [5.74, 6) is 1.42. The van der Waals surface area contributed by atoms with Crippen molar-refractivity contribution in [2.24, 2.45) is 0 Å². The summed E-state index contributed by atoms with van der Waals surface area (Å²) in [6.45, 7) is 9.55. The first kappa shape index (κ1) is 21.7. The van der Waals surface area contributed by atoms with E-state index in [-0.39, 0.29) is 19.0 Å². The molecule has 0 saturated heterocycles. The second-order valence-corrected chi connectivity index (χ2v) is 7.66. The van der Waals surface area contributed by atoms with Gasteiger partial charge in [0, 0.05) is 5.56 Å². The van der Waals surface area contributed by atoms with E-state index in [0.717, 1.165) is 17.5 Å². The topological polar surface area (TPSA) is 65.0 Å². The highest BCUT2D eigenvalue weighted by atomic mass is 16.5. The second kappa shape index (κ2) is 9.18. The number of carbonyl (C=O) groups is 1. The van der Waals surface area contributed by atoms with Crippen LogP contribution in [0.5, 0.6) is 17.2 Å². The number of ketones is 1. The minimum atomic E-state index is -0.431. The Balaban J connectivity index is 1.86. The molecule has 0 saturated carbocycles. The summed E-state index contributed by atoms with van der Waals surface area (Å²) < 4.78 is 17.6. The molecule has 0 bridgehead atoms. The summed E-state index contributed by atoms with van der Waals surface area (Å²) in [6.07, 6.45) is 6.32. The van der Waals surface area contributed by atoms with Crippen LogP contribution in [0.3, 0.4) is 0 Å². The van der Waals surface area contributed by atoms with E-state index in [0.29, 0.717) is 35.0 Å². The molecule has 0 aromatic heterocycles. The fourth-order valence-electron chi connectivity index (χ4n) is 3.27. The minimum absolute atomic E-state index is 0.184. The maximum atomic E-state index is 12.9. The van der Waals surface area contributed by atoms with Crippen LogP contribution in [-0.4, -0.2) is 29.7 Å². The molecule has 5 heteroatoms. The van der Waals surface area contributed by atoms with Crippen molar-refractivity contribution in [1.82, 2.24) is 0 Å². The Kier molecular flexibility index (Phi) is 6.63. The molecule has 2 aromatic rings. The van der Waals surface area contributed by atoms with Crippen molar-refractivity contribution in [3.8, 4) is 17.2 Å². The number of aliphatic hydroxyl groups excluding tert-OH is 1. The molecule has 0 radical (unpaired) electrons. The zero-order valence-corrected chi connectivity index (χ0v) is 17.7. The zero-order chi connectivity index (χ0) is 21.7. The Morgan fingerprint density at radius 2 is 2.03 bits per heavy atom. The van der Waals surface area contributed by atoms with Gasteiger partial charge >= 0.3 is 0 Å². The van der Waals surface area contributed by atoms with Crippen molar-refractivity contribution in [2.75, 3.05) is 13.2 Å². The van der Waals surface area contributed by atoms with Crippen LogP contribution >= 0.6 is 0 Å². The van der Waals surface area contributed by atoms with Gasteiger partial charge in [0.15, 0.2) is 6.61 Å². The van der Waals surface area contributed by atoms with E-state index in [1.165, 1.54) is 0 Å². The Hall–Kier alpha value is -3.05. The molecular weight excluding hydrogens is 380 g/mol. The average molecular weight is 408 g/mol. The molecule has 3 rings (SSSR count). The molecule has 1 heterocycles. The smallest absolute Gasteiger partial charge is 0.203 e. The predicted molar refractivity (Wildman–Crippen MR) is 117 cm³/mol. The summed E-state index contributed by atoms with van der Waals surface area (Å²) in [4.78, 5) is 12.9. The summed E-state index contributed by atoms with van der Waals surface area (Å²) in [5.41, 5.74) is 2.42. The van der Waals surface area contributed by atoms with E-state index in [9.17, 15) is 9.90 Å². The van der Waals surface area contributed by atoms with E-state index < -0.39 is 5.60 Å². The van der Waals surface area contributed by atoms with Gasteiger partial charge in [-0.15, -0.1) is 0 Å². The van der Waals surface area contributed by atoms with Gasteiger partial charge in [0.2, 0.25) is 5.78 Å². The predicted octanol–water partition coefficient (Wildman–Crippen LogP) is 4.75. The number of benzene rings is 2. The third kappa shape index (κ3) is 4.74. The van der Waals surface area contributed by atoms with Gasteiger partial charge in [0.05, 0.1) is 17.7 Å². The van der Waals surface area contributed by atoms with Gasteiger partial charge in [-0.1, -0.05) is 25.6 Å². The van der Waals surface area contributed by atoms with Crippen molar-refractivity contribution < 1.29 is 24.1 Å². The van der Waals surface area contributed by atoms with E-state index >= 15 is 0 Å². The Labute approximate surface area is 177 Å². The van der Waals surface area contributed by atoms with E-state index in [1.807, 2.05) is 51.1 Å². The van der Waals surface area contributed by atoms with Crippen molar-refractivity contribution in [3.05, 3.63) is 71.3 Å². The molecule has 0 atom stereocenters. The van der Waals surface area contributed by atoms with Crippen LogP contribution in [-0.2, 0) is 13.0 Å². The molecule has 1 N–H and O–H groups in total. The molecule has 1 aliphatic heterocycles. The molecule has 0 unspecified atom stereocenters. The van der Waals surface area contributed by atoms with Crippen LogP contribution in [0.1, 0.15) is 47.8 Å². The number of carbonyl (C=O) groups excluding carboxylic acids is 1. The lowest BCUT2D eigenvalue weighted by Gasteiger charge is -2.29.